The molecular formula is C22H20N2OS. The summed E-state index contributed by atoms with van der Waals surface area (Å²) in [5.41, 5.74) is 1.85. The van der Waals surface area contributed by atoms with E-state index in [-0.39, 0.29) is 5.91 Å². The summed E-state index contributed by atoms with van der Waals surface area (Å²) >= 11 is 1.68. The average molecular weight is 360 g/mol. The maximum Gasteiger partial charge on any atom is 0.254 e. The molecule has 0 unspecified atom stereocenters. The summed E-state index contributed by atoms with van der Waals surface area (Å²) in [6.45, 7) is 1.21. The third kappa shape index (κ3) is 3.41. The Kier molecular flexibility index (Phi) is 4.59. The van der Waals surface area contributed by atoms with Gasteiger partial charge in [-0.3, -0.25) is 4.79 Å². The van der Waals surface area contributed by atoms with Gasteiger partial charge in [0, 0.05) is 29.4 Å². The lowest BCUT2D eigenvalue weighted by atomic mass is 10.1. The lowest BCUT2D eigenvalue weighted by molar-refractivity contribution is 0.0728. The van der Waals surface area contributed by atoms with E-state index in [1.807, 2.05) is 66.7 Å². The van der Waals surface area contributed by atoms with Crippen molar-refractivity contribution in [3.05, 3.63) is 94.4 Å². The molecule has 0 atom stereocenters. The first-order valence-electron chi connectivity index (χ1n) is 8.61. The summed E-state index contributed by atoms with van der Waals surface area (Å²) in [4.78, 5) is 16.4. The number of hydrogen-bond acceptors (Lipinski definition) is 2. The maximum atomic E-state index is 13.3. The highest BCUT2D eigenvalue weighted by molar-refractivity contribution is 7.09. The molecule has 0 N–H and O–H groups in total. The van der Waals surface area contributed by atoms with Crippen LogP contribution in [0.4, 0.5) is 0 Å². The van der Waals surface area contributed by atoms with Crippen molar-refractivity contribution in [2.75, 3.05) is 0 Å². The van der Waals surface area contributed by atoms with Gasteiger partial charge in [0.15, 0.2) is 0 Å². The molecule has 0 aliphatic rings. The molecule has 0 aliphatic carbocycles. The lowest BCUT2D eigenvalue weighted by Crippen LogP contribution is -2.30. The molecule has 130 valence electrons. The number of amides is 1. The minimum absolute atomic E-state index is 0.0605. The first kappa shape index (κ1) is 16.6. The van der Waals surface area contributed by atoms with Crippen molar-refractivity contribution in [1.29, 1.82) is 0 Å². The number of aryl methyl sites for hydroxylation is 1. The lowest BCUT2D eigenvalue weighted by Gasteiger charge is -2.23. The second-order valence-corrected chi connectivity index (χ2v) is 7.45. The largest absolute Gasteiger partial charge is 0.353 e. The van der Waals surface area contributed by atoms with Gasteiger partial charge in [-0.1, -0.05) is 36.4 Å². The third-order valence-electron chi connectivity index (χ3n) is 4.61. The van der Waals surface area contributed by atoms with Crippen LogP contribution in [0.5, 0.6) is 0 Å². The Balaban J connectivity index is 1.66. The molecule has 2 heterocycles. The molecule has 0 spiro atoms. The van der Waals surface area contributed by atoms with E-state index in [1.165, 1.54) is 4.88 Å². The van der Waals surface area contributed by atoms with E-state index < -0.39 is 0 Å². The van der Waals surface area contributed by atoms with Gasteiger partial charge in [0.2, 0.25) is 0 Å². The summed E-state index contributed by atoms with van der Waals surface area (Å²) in [7, 11) is 2.01. The van der Waals surface area contributed by atoms with Crippen LogP contribution in [-0.4, -0.2) is 15.4 Å². The number of hydrogen-bond donors (Lipinski definition) is 0. The molecule has 2 aromatic heterocycles. The molecule has 0 aliphatic heterocycles. The van der Waals surface area contributed by atoms with Crippen LogP contribution >= 0.6 is 11.3 Å². The third-order valence-corrected chi connectivity index (χ3v) is 5.48. The fraction of sp³-hybridized carbons (Fsp3) is 0.136. The van der Waals surface area contributed by atoms with Gasteiger partial charge in [-0.15, -0.1) is 11.3 Å². The Morgan fingerprint density at radius 3 is 2.54 bits per heavy atom. The van der Waals surface area contributed by atoms with E-state index in [9.17, 15) is 4.79 Å². The van der Waals surface area contributed by atoms with Crippen LogP contribution in [0.3, 0.4) is 0 Å². The zero-order valence-electron chi connectivity index (χ0n) is 14.6. The SMILES string of the molecule is Cn1cccc1CN(Cc1cccs1)C(=O)c1ccc2ccccc2c1. The summed E-state index contributed by atoms with van der Waals surface area (Å²) in [6.07, 6.45) is 2.01. The molecule has 4 heteroatoms. The van der Waals surface area contributed by atoms with Crippen molar-refractivity contribution < 1.29 is 4.79 Å². The van der Waals surface area contributed by atoms with Crippen LogP contribution in [-0.2, 0) is 20.1 Å². The number of thiophene rings is 1. The number of benzene rings is 2. The molecule has 2 aromatic carbocycles. The maximum absolute atomic E-state index is 13.3. The number of fused-ring (bicyclic) bond motifs is 1. The Bertz CT molecular complexity index is 1030. The predicted molar refractivity (Wildman–Crippen MR) is 107 cm³/mol. The van der Waals surface area contributed by atoms with Gasteiger partial charge < -0.3 is 9.47 Å². The Labute approximate surface area is 157 Å². The van der Waals surface area contributed by atoms with E-state index in [4.69, 9.17) is 0 Å². The summed E-state index contributed by atoms with van der Waals surface area (Å²) in [6, 6.07) is 22.3. The molecule has 0 bridgehead atoms. The van der Waals surface area contributed by atoms with Crippen molar-refractivity contribution in [2.24, 2.45) is 7.05 Å². The number of nitrogens with zero attached hydrogens (tertiary/aromatic N) is 2. The molecular weight excluding hydrogens is 340 g/mol. The Hall–Kier alpha value is -2.85. The van der Waals surface area contributed by atoms with E-state index in [2.05, 4.69) is 28.1 Å². The zero-order valence-corrected chi connectivity index (χ0v) is 15.4. The first-order valence-corrected chi connectivity index (χ1v) is 9.49. The van der Waals surface area contributed by atoms with E-state index >= 15 is 0 Å². The highest BCUT2D eigenvalue weighted by atomic mass is 32.1. The number of aromatic nitrogens is 1. The highest BCUT2D eigenvalue weighted by Gasteiger charge is 2.18. The monoisotopic (exact) mass is 360 g/mol. The normalized spacial score (nSPS) is 11.0. The van der Waals surface area contributed by atoms with Crippen LogP contribution in [0.2, 0.25) is 0 Å². The molecule has 0 fully saturated rings. The summed E-state index contributed by atoms with van der Waals surface area (Å²) in [5.74, 6) is 0.0605. The number of carbonyl (C=O) groups is 1. The molecule has 4 aromatic rings. The topological polar surface area (TPSA) is 25.2 Å². The number of rotatable bonds is 5. The molecule has 3 nitrogen and oxygen atoms in total. The fourth-order valence-electron chi connectivity index (χ4n) is 3.15. The van der Waals surface area contributed by atoms with Gasteiger partial charge in [0.25, 0.3) is 5.91 Å². The predicted octanol–water partition coefficient (Wildman–Crippen LogP) is 5.08. The minimum atomic E-state index is 0.0605. The van der Waals surface area contributed by atoms with Gasteiger partial charge in [0.1, 0.15) is 0 Å². The van der Waals surface area contributed by atoms with E-state index in [0.717, 1.165) is 22.0 Å². The van der Waals surface area contributed by atoms with Crippen molar-refractivity contribution >= 4 is 28.0 Å². The average Bonchev–Trinajstić information content (AvgIpc) is 3.32. The molecule has 0 saturated heterocycles. The van der Waals surface area contributed by atoms with Crippen LogP contribution in [0.15, 0.2) is 78.3 Å². The zero-order chi connectivity index (χ0) is 17.9. The number of carbonyl (C=O) groups excluding carboxylic acids is 1. The quantitative estimate of drug-likeness (QED) is 0.487. The Morgan fingerprint density at radius 1 is 0.962 bits per heavy atom. The molecule has 1 amide bonds. The van der Waals surface area contributed by atoms with Gasteiger partial charge in [-0.2, -0.15) is 0 Å². The van der Waals surface area contributed by atoms with Crippen molar-refractivity contribution in [3.8, 4) is 0 Å². The smallest absolute Gasteiger partial charge is 0.254 e. The Morgan fingerprint density at radius 2 is 1.81 bits per heavy atom. The van der Waals surface area contributed by atoms with Crippen LogP contribution < -0.4 is 0 Å². The first-order chi connectivity index (χ1) is 12.7. The van der Waals surface area contributed by atoms with Gasteiger partial charge >= 0.3 is 0 Å². The molecule has 0 radical (unpaired) electrons. The van der Waals surface area contributed by atoms with Crippen LogP contribution in [0.25, 0.3) is 10.8 Å². The van der Waals surface area contributed by atoms with Gasteiger partial charge in [-0.05, 0) is 46.5 Å². The minimum Gasteiger partial charge on any atom is -0.353 e. The van der Waals surface area contributed by atoms with Crippen LogP contribution in [0, 0.1) is 0 Å². The van der Waals surface area contributed by atoms with Gasteiger partial charge in [0.05, 0.1) is 13.1 Å². The standard InChI is InChI=1S/C22H20N2OS/c1-23-12-4-8-20(23)15-24(16-21-9-5-13-26-21)22(25)19-11-10-17-6-2-3-7-18(17)14-19/h2-14H,15-16H2,1H3. The molecule has 0 saturated carbocycles. The molecule has 4 rings (SSSR count). The highest BCUT2D eigenvalue weighted by Crippen LogP contribution is 2.20. The second-order valence-electron chi connectivity index (χ2n) is 6.41. The van der Waals surface area contributed by atoms with Gasteiger partial charge in [-0.25, -0.2) is 0 Å². The fourth-order valence-corrected chi connectivity index (χ4v) is 3.87. The van der Waals surface area contributed by atoms with Crippen LogP contribution in [0.1, 0.15) is 20.9 Å². The molecule has 26 heavy (non-hydrogen) atoms. The van der Waals surface area contributed by atoms with Crippen molar-refractivity contribution in [1.82, 2.24) is 9.47 Å². The summed E-state index contributed by atoms with van der Waals surface area (Å²) in [5, 5.41) is 4.29. The van der Waals surface area contributed by atoms with Crippen molar-refractivity contribution in [3.63, 3.8) is 0 Å². The van der Waals surface area contributed by atoms with E-state index in [1.54, 1.807) is 11.3 Å². The van der Waals surface area contributed by atoms with Crippen molar-refractivity contribution in [2.45, 2.75) is 13.1 Å². The van der Waals surface area contributed by atoms with E-state index in [0.29, 0.717) is 13.1 Å². The summed E-state index contributed by atoms with van der Waals surface area (Å²) < 4.78 is 2.06. The second kappa shape index (κ2) is 7.18.